The van der Waals surface area contributed by atoms with Crippen LogP contribution in [0, 0.1) is 0 Å². The van der Waals surface area contributed by atoms with Crippen LogP contribution in [0.4, 0.5) is 6.01 Å². The van der Waals surface area contributed by atoms with Gasteiger partial charge in [-0.1, -0.05) is 33.2 Å². The first-order valence-corrected chi connectivity index (χ1v) is 7.59. The zero-order valence-corrected chi connectivity index (χ0v) is 13.9. The van der Waals surface area contributed by atoms with Gasteiger partial charge in [0.25, 0.3) is 0 Å². The largest absolute Gasteiger partial charge is 0.493 e. The summed E-state index contributed by atoms with van der Waals surface area (Å²) < 4.78 is 17.4. The summed E-state index contributed by atoms with van der Waals surface area (Å²) in [4.78, 5) is 0. The first-order chi connectivity index (χ1) is 11.2. The van der Waals surface area contributed by atoms with E-state index in [0.29, 0.717) is 29.6 Å². The number of aromatic nitrogens is 2. The van der Waals surface area contributed by atoms with Gasteiger partial charge >= 0.3 is 6.01 Å². The van der Waals surface area contributed by atoms with Crippen molar-refractivity contribution in [2.75, 3.05) is 12.8 Å². The molecule has 0 amide bonds. The fourth-order valence-electron chi connectivity index (χ4n) is 2.06. The van der Waals surface area contributed by atoms with Crippen molar-refractivity contribution >= 4 is 21.9 Å². The first-order valence-electron chi connectivity index (χ1n) is 6.80. The number of hydrogen-bond acceptors (Lipinski definition) is 6. The molecule has 23 heavy (non-hydrogen) atoms. The number of halogens is 1. The molecule has 0 spiro atoms. The van der Waals surface area contributed by atoms with Gasteiger partial charge in [0.2, 0.25) is 5.89 Å². The van der Waals surface area contributed by atoms with Gasteiger partial charge < -0.3 is 19.6 Å². The zero-order chi connectivity index (χ0) is 16.2. The van der Waals surface area contributed by atoms with Crippen LogP contribution in [0.1, 0.15) is 5.56 Å². The van der Waals surface area contributed by atoms with Gasteiger partial charge in [-0.15, -0.1) is 5.10 Å². The van der Waals surface area contributed by atoms with Crippen LogP contribution in [-0.4, -0.2) is 17.3 Å². The Hall–Kier alpha value is -2.54. The molecule has 1 aromatic heterocycles. The van der Waals surface area contributed by atoms with Gasteiger partial charge in [0.05, 0.1) is 7.11 Å². The maximum absolute atomic E-state index is 5.83. The molecular formula is C16H14BrN3O3. The molecule has 7 heteroatoms. The monoisotopic (exact) mass is 375 g/mol. The van der Waals surface area contributed by atoms with E-state index in [-0.39, 0.29) is 6.01 Å². The Morgan fingerprint density at radius 2 is 2.00 bits per heavy atom. The number of nitrogens with zero attached hydrogens (tertiary/aromatic N) is 2. The van der Waals surface area contributed by atoms with Crippen molar-refractivity contribution in [1.82, 2.24) is 10.2 Å². The molecule has 0 saturated carbocycles. The first kappa shape index (κ1) is 15.4. The third-order valence-corrected chi connectivity index (χ3v) is 3.63. The highest BCUT2D eigenvalue weighted by atomic mass is 79.9. The molecule has 0 radical (unpaired) electrons. The summed E-state index contributed by atoms with van der Waals surface area (Å²) in [6.07, 6.45) is 0. The second-order valence-corrected chi connectivity index (χ2v) is 5.65. The van der Waals surface area contributed by atoms with Crippen LogP contribution < -0.4 is 15.2 Å². The highest BCUT2D eigenvalue weighted by molar-refractivity contribution is 9.10. The molecule has 0 unspecified atom stereocenters. The van der Waals surface area contributed by atoms with Crippen LogP contribution >= 0.6 is 15.9 Å². The summed E-state index contributed by atoms with van der Waals surface area (Å²) in [6, 6.07) is 13.3. The highest BCUT2D eigenvalue weighted by Crippen LogP contribution is 2.32. The molecule has 2 aromatic carbocycles. The zero-order valence-electron chi connectivity index (χ0n) is 12.3. The summed E-state index contributed by atoms with van der Waals surface area (Å²) in [5.41, 5.74) is 7.20. The number of hydrogen-bond donors (Lipinski definition) is 1. The van der Waals surface area contributed by atoms with Gasteiger partial charge in [0, 0.05) is 10.0 Å². The van der Waals surface area contributed by atoms with E-state index in [1.54, 1.807) is 19.2 Å². The molecule has 0 bridgehead atoms. The molecule has 118 valence electrons. The Bertz CT molecular complexity index is 820. The Morgan fingerprint density at radius 1 is 1.13 bits per heavy atom. The molecule has 0 aliphatic carbocycles. The van der Waals surface area contributed by atoms with Crippen LogP contribution in [0.3, 0.4) is 0 Å². The molecule has 3 aromatic rings. The van der Waals surface area contributed by atoms with E-state index >= 15 is 0 Å². The standard InChI is InChI=1S/C16H14BrN3O3/c1-21-14-8-11(15-19-20-16(18)23-15)5-6-13(14)22-9-10-3-2-4-12(17)7-10/h2-8H,9H2,1H3,(H2,18,20). The fourth-order valence-corrected chi connectivity index (χ4v) is 2.51. The van der Waals surface area contributed by atoms with E-state index in [9.17, 15) is 0 Å². The maximum atomic E-state index is 5.83. The summed E-state index contributed by atoms with van der Waals surface area (Å²) >= 11 is 3.44. The average Bonchev–Trinajstić information content (AvgIpc) is 2.99. The Balaban J connectivity index is 1.79. The van der Waals surface area contributed by atoms with Crippen LogP contribution in [0.25, 0.3) is 11.5 Å². The maximum Gasteiger partial charge on any atom is 0.313 e. The SMILES string of the molecule is COc1cc(-c2nnc(N)o2)ccc1OCc1cccc(Br)c1. The van der Waals surface area contributed by atoms with Gasteiger partial charge in [-0.25, -0.2) is 0 Å². The molecule has 0 aliphatic rings. The molecule has 0 aliphatic heterocycles. The smallest absolute Gasteiger partial charge is 0.313 e. The van der Waals surface area contributed by atoms with Crippen molar-refractivity contribution in [2.45, 2.75) is 6.61 Å². The number of rotatable bonds is 5. The van der Waals surface area contributed by atoms with Crippen molar-refractivity contribution in [3.63, 3.8) is 0 Å². The van der Waals surface area contributed by atoms with Gasteiger partial charge in [0.15, 0.2) is 11.5 Å². The fraction of sp³-hybridized carbons (Fsp3) is 0.125. The van der Waals surface area contributed by atoms with Crippen molar-refractivity contribution in [3.8, 4) is 23.0 Å². The molecule has 0 fully saturated rings. The Morgan fingerprint density at radius 3 is 2.70 bits per heavy atom. The van der Waals surface area contributed by atoms with Crippen LogP contribution in [0.5, 0.6) is 11.5 Å². The van der Waals surface area contributed by atoms with Crippen LogP contribution in [0.2, 0.25) is 0 Å². The minimum atomic E-state index is 0.0222. The van der Waals surface area contributed by atoms with Gasteiger partial charge in [-0.05, 0) is 35.9 Å². The van der Waals surface area contributed by atoms with E-state index in [1.165, 1.54) is 0 Å². The lowest BCUT2D eigenvalue weighted by atomic mass is 10.2. The second-order valence-electron chi connectivity index (χ2n) is 4.73. The van der Waals surface area contributed by atoms with Crippen molar-refractivity contribution in [3.05, 3.63) is 52.5 Å². The van der Waals surface area contributed by atoms with Crippen molar-refractivity contribution in [2.24, 2.45) is 0 Å². The number of nitrogen functional groups attached to an aromatic ring is 1. The highest BCUT2D eigenvalue weighted by Gasteiger charge is 2.11. The molecule has 0 saturated heterocycles. The predicted octanol–water partition coefficient (Wildman–Crippen LogP) is 3.67. The minimum absolute atomic E-state index is 0.0222. The number of benzene rings is 2. The normalized spacial score (nSPS) is 10.5. The van der Waals surface area contributed by atoms with E-state index in [0.717, 1.165) is 10.0 Å². The summed E-state index contributed by atoms with van der Waals surface area (Å²) in [5.74, 6) is 1.54. The Labute approximate surface area is 141 Å². The lowest BCUT2D eigenvalue weighted by Gasteiger charge is -2.11. The number of methoxy groups -OCH3 is 1. The average molecular weight is 376 g/mol. The number of anilines is 1. The van der Waals surface area contributed by atoms with Gasteiger partial charge in [-0.2, -0.15) is 0 Å². The third kappa shape index (κ3) is 3.62. The number of ether oxygens (including phenoxy) is 2. The van der Waals surface area contributed by atoms with Gasteiger partial charge in [0.1, 0.15) is 6.61 Å². The molecule has 6 nitrogen and oxygen atoms in total. The lowest BCUT2D eigenvalue weighted by molar-refractivity contribution is 0.284. The third-order valence-electron chi connectivity index (χ3n) is 3.13. The summed E-state index contributed by atoms with van der Waals surface area (Å²) in [7, 11) is 1.58. The van der Waals surface area contributed by atoms with Crippen molar-refractivity contribution < 1.29 is 13.9 Å². The van der Waals surface area contributed by atoms with E-state index < -0.39 is 0 Å². The molecule has 2 N–H and O–H groups in total. The molecular weight excluding hydrogens is 362 g/mol. The molecule has 3 rings (SSSR count). The van der Waals surface area contributed by atoms with E-state index in [2.05, 4.69) is 26.1 Å². The second kappa shape index (κ2) is 6.70. The van der Waals surface area contributed by atoms with E-state index in [1.807, 2.05) is 30.3 Å². The van der Waals surface area contributed by atoms with Gasteiger partial charge in [-0.3, -0.25) is 0 Å². The van der Waals surface area contributed by atoms with E-state index in [4.69, 9.17) is 19.6 Å². The topological polar surface area (TPSA) is 83.4 Å². The molecule has 1 heterocycles. The quantitative estimate of drug-likeness (QED) is 0.732. The van der Waals surface area contributed by atoms with Crippen molar-refractivity contribution in [1.29, 1.82) is 0 Å². The van der Waals surface area contributed by atoms with Crippen LogP contribution in [0.15, 0.2) is 51.4 Å². The lowest BCUT2D eigenvalue weighted by Crippen LogP contribution is -1.98. The summed E-state index contributed by atoms with van der Waals surface area (Å²) in [6.45, 7) is 0.433. The van der Waals surface area contributed by atoms with Crippen LogP contribution in [-0.2, 0) is 6.61 Å². The minimum Gasteiger partial charge on any atom is -0.493 e. The predicted molar refractivity (Wildman–Crippen MR) is 89.2 cm³/mol. The molecule has 0 atom stereocenters. The Kier molecular flexibility index (Phi) is 4.47. The summed E-state index contributed by atoms with van der Waals surface area (Å²) in [5, 5.41) is 7.49. The number of nitrogens with two attached hydrogens (primary N) is 1.